The van der Waals surface area contributed by atoms with Crippen LogP contribution in [-0.4, -0.2) is 33.7 Å². The Morgan fingerprint density at radius 2 is 2.07 bits per heavy atom. The van der Waals surface area contributed by atoms with E-state index in [4.69, 9.17) is 5.73 Å². The normalized spacial score (nSPS) is 11.8. The largest absolute Gasteiger partial charge is 0.403 e. The zero-order valence-electron chi connectivity index (χ0n) is 16.6. The Balaban J connectivity index is 2.05. The molecule has 3 rings (SSSR count). The zero-order valence-corrected chi connectivity index (χ0v) is 16.6. The van der Waals surface area contributed by atoms with Crippen LogP contribution in [-0.2, 0) is 4.79 Å². The van der Waals surface area contributed by atoms with E-state index in [-0.39, 0.29) is 5.91 Å². The van der Waals surface area contributed by atoms with E-state index in [0.29, 0.717) is 17.3 Å². The number of allylic oxidation sites excluding steroid dienone is 1. The van der Waals surface area contributed by atoms with Gasteiger partial charge in [0.25, 0.3) is 0 Å². The van der Waals surface area contributed by atoms with E-state index >= 15 is 0 Å². The van der Waals surface area contributed by atoms with E-state index in [0.717, 1.165) is 27.8 Å². The molecule has 2 heterocycles. The Hall–Kier alpha value is -3.94. The van der Waals surface area contributed by atoms with Crippen LogP contribution in [0.1, 0.15) is 11.1 Å². The molecule has 29 heavy (non-hydrogen) atoms. The number of anilines is 2. The third-order valence-electron chi connectivity index (χ3n) is 4.33. The maximum atomic E-state index is 11.6. The molecule has 0 unspecified atom stereocenters. The minimum absolute atomic E-state index is 0.247. The van der Waals surface area contributed by atoms with Crippen LogP contribution in [0.15, 0.2) is 60.1 Å². The molecule has 2 aromatic heterocycles. The summed E-state index contributed by atoms with van der Waals surface area (Å²) in [7, 11) is 1.66. The number of aryl methyl sites for hydroxylation is 2. The fourth-order valence-corrected chi connectivity index (χ4v) is 2.96. The van der Waals surface area contributed by atoms with Crippen LogP contribution >= 0.6 is 0 Å². The fraction of sp³-hybridized carbons (Fsp3) is 0.143. The van der Waals surface area contributed by atoms with E-state index in [1.165, 1.54) is 12.3 Å². The summed E-state index contributed by atoms with van der Waals surface area (Å²) in [4.78, 5) is 24.5. The minimum atomic E-state index is -0.247. The molecule has 0 aliphatic carbocycles. The van der Waals surface area contributed by atoms with Crippen molar-refractivity contribution in [1.82, 2.24) is 14.5 Å². The molecule has 0 saturated heterocycles. The molecule has 8 heteroatoms. The minimum Gasteiger partial charge on any atom is -0.403 e. The number of carbonyl (C=O) groups excluding carboxylic acids is 1. The van der Waals surface area contributed by atoms with E-state index in [9.17, 15) is 4.79 Å². The van der Waals surface area contributed by atoms with Crippen molar-refractivity contribution in [2.75, 3.05) is 17.7 Å². The second-order valence-corrected chi connectivity index (χ2v) is 6.44. The van der Waals surface area contributed by atoms with Crippen molar-refractivity contribution in [2.45, 2.75) is 13.8 Å². The summed E-state index contributed by atoms with van der Waals surface area (Å²) < 4.78 is 2.01. The molecule has 148 valence electrons. The summed E-state index contributed by atoms with van der Waals surface area (Å²) in [6, 6.07) is 5.73. The van der Waals surface area contributed by atoms with Gasteiger partial charge in [-0.25, -0.2) is 4.98 Å². The number of fused-ring (bicyclic) bond motifs is 1. The number of aromatic nitrogens is 3. The van der Waals surface area contributed by atoms with Gasteiger partial charge < -0.3 is 20.9 Å². The molecular formula is C21H23N7O. The predicted octanol–water partition coefficient (Wildman–Crippen LogP) is 3.07. The third kappa shape index (κ3) is 4.16. The van der Waals surface area contributed by atoms with Gasteiger partial charge in [-0.15, -0.1) is 0 Å². The predicted molar refractivity (Wildman–Crippen MR) is 117 cm³/mol. The first-order valence-corrected chi connectivity index (χ1v) is 8.97. The Labute approximate surface area is 168 Å². The molecule has 0 aliphatic heterocycles. The monoisotopic (exact) mass is 389 g/mol. The lowest BCUT2D eigenvalue weighted by molar-refractivity contribution is -0.111. The number of benzene rings is 1. The number of nitrogens with two attached hydrogens (primary N) is 1. The van der Waals surface area contributed by atoms with Gasteiger partial charge in [-0.1, -0.05) is 6.58 Å². The van der Waals surface area contributed by atoms with Crippen molar-refractivity contribution in [1.29, 1.82) is 0 Å². The molecule has 0 spiro atoms. The van der Waals surface area contributed by atoms with Crippen molar-refractivity contribution in [3.8, 4) is 5.82 Å². The lowest BCUT2D eigenvalue weighted by Crippen LogP contribution is -2.10. The first-order valence-electron chi connectivity index (χ1n) is 8.97. The third-order valence-corrected chi connectivity index (χ3v) is 4.33. The molecule has 1 aromatic carbocycles. The van der Waals surface area contributed by atoms with Crippen molar-refractivity contribution < 1.29 is 4.79 Å². The lowest BCUT2D eigenvalue weighted by atomic mass is 10.1. The van der Waals surface area contributed by atoms with E-state index in [1.54, 1.807) is 19.5 Å². The highest BCUT2D eigenvalue weighted by Gasteiger charge is 2.13. The summed E-state index contributed by atoms with van der Waals surface area (Å²) in [5.74, 6) is 0.910. The molecule has 0 bridgehead atoms. The molecule has 0 saturated carbocycles. The Bertz CT molecular complexity index is 1140. The van der Waals surface area contributed by atoms with E-state index in [1.807, 2.05) is 42.8 Å². The van der Waals surface area contributed by atoms with Crippen LogP contribution < -0.4 is 16.4 Å². The first-order chi connectivity index (χ1) is 14.0. The molecule has 0 aliphatic rings. The summed E-state index contributed by atoms with van der Waals surface area (Å²) in [6.45, 7) is 7.45. The number of aliphatic imine (C=N–C) groups is 1. The Morgan fingerprint density at radius 1 is 1.28 bits per heavy atom. The summed E-state index contributed by atoms with van der Waals surface area (Å²) in [6.07, 6.45) is 8.01. The van der Waals surface area contributed by atoms with Crippen molar-refractivity contribution in [3.05, 3.63) is 66.3 Å². The number of rotatable bonds is 6. The number of nitrogens with one attached hydrogen (secondary N) is 2. The van der Waals surface area contributed by atoms with Gasteiger partial charge in [0.05, 0.1) is 11.2 Å². The van der Waals surface area contributed by atoms with Gasteiger partial charge >= 0.3 is 0 Å². The second-order valence-electron chi connectivity index (χ2n) is 6.44. The van der Waals surface area contributed by atoms with Crippen molar-refractivity contribution >= 4 is 34.7 Å². The molecule has 8 nitrogen and oxygen atoms in total. The van der Waals surface area contributed by atoms with Crippen LogP contribution in [0.2, 0.25) is 0 Å². The molecule has 0 radical (unpaired) electrons. The highest BCUT2D eigenvalue weighted by atomic mass is 16.1. The van der Waals surface area contributed by atoms with Gasteiger partial charge in [0, 0.05) is 48.5 Å². The summed E-state index contributed by atoms with van der Waals surface area (Å²) >= 11 is 0. The Morgan fingerprint density at radius 3 is 2.76 bits per heavy atom. The number of hydrogen-bond acceptors (Lipinski definition) is 6. The summed E-state index contributed by atoms with van der Waals surface area (Å²) in [5.41, 5.74) is 9.86. The van der Waals surface area contributed by atoms with Gasteiger partial charge in [-0.2, -0.15) is 4.98 Å². The SMILES string of the molecule is C=CC(=O)Nc1ccc2c(c1)c(C)cn2-c1nc(N/C(C=NC)=C/N)ncc1C. The van der Waals surface area contributed by atoms with E-state index in [2.05, 4.69) is 32.2 Å². The van der Waals surface area contributed by atoms with E-state index < -0.39 is 0 Å². The maximum absolute atomic E-state index is 11.6. The molecule has 1 amide bonds. The molecular weight excluding hydrogens is 366 g/mol. The quantitative estimate of drug-likeness (QED) is 0.443. The fourth-order valence-electron chi connectivity index (χ4n) is 2.96. The van der Waals surface area contributed by atoms with Crippen molar-refractivity contribution in [3.63, 3.8) is 0 Å². The van der Waals surface area contributed by atoms with Gasteiger partial charge in [0.2, 0.25) is 11.9 Å². The van der Waals surface area contributed by atoms with Crippen LogP contribution in [0.3, 0.4) is 0 Å². The molecule has 0 fully saturated rings. The van der Waals surface area contributed by atoms with Gasteiger partial charge in [0.15, 0.2) is 0 Å². The highest BCUT2D eigenvalue weighted by Crippen LogP contribution is 2.28. The van der Waals surface area contributed by atoms with Gasteiger partial charge in [-0.3, -0.25) is 9.79 Å². The number of nitrogens with zero attached hydrogens (tertiary/aromatic N) is 4. The molecule has 0 atom stereocenters. The number of carbonyl (C=O) groups is 1. The highest BCUT2D eigenvalue weighted by molar-refractivity contribution is 6.00. The maximum Gasteiger partial charge on any atom is 0.247 e. The van der Waals surface area contributed by atoms with Crippen LogP contribution in [0.4, 0.5) is 11.6 Å². The average Bonchev–Trinajstić information content (AvgIpc) is 3.04. The molecule has 3 aromatic rings. The van der Waals surface area contributed by atoms with Crippen LogP contribution in [0.5, 0.6) is 0 Å². The smallest absolute Gasteiger partial charge is 0.247 e. The first kappa shape index (κ1) is 19.8. The summed E-state index contributed by atoms with van der Waals surface area (Å²) in [5, 5.41) is 6.86. The average molecular weight is 389 g/mol. The topological polar surface area (TPSA) is 110 Å². The zero-order chi connectivity index (χ0) is 21.0. The molecule has 4 N–H and O–H groups in total. The lowest BCUT2D eigenvalue weighted by Gasteiger charge is -2.11. The Kier molecular flexibility index (Phi) is 5.73. The van der Waals surface area contributed by atoms with Gasteiger partial charge in [-0.05, 0) is 43.7 Å². The van der Waals surface area contributed by atoms with Crippen LogP contribution in [0, 0.1) is 13.8 Å². The standard InChI is InChI=1S/C21H23N7O/c1-5-19(29)25-15-6-7-18-17(8-15)14(3)12-28(18)20-13(2)10-24-21(27-20)26-16(9-22)11-23-4/h5-12H,1,22H2,2-4H3,(H,25,29)(H,24,26,27)/b16-9+,23-11?. The second kappa shape index (κ2) is 8.39. The van der Waals surface area contributed by atoms with Gasteiger partial charge in [0.1, 0.15) is 5.82 Å². The number of amides is 1. The van der Waals surface area contributed by atoms with Crippen molar-refractivity contribution in [2.24, 2.45) is 10.7 Å². The number of hydrogen-bond donors (Lipinski definition) is 3. The van der Waals surface area contributed by atoms with Crippen LogP contribution in [0.25, 0.3) is 16.7 Å².